The standard InChI is InChI=1S/C18H19IN6O2S/c1-14-21-17(12-18(22-14)24-7-6-20-13-24)23-8-10-25(11-9-23)28(26,27)16-4-2-15(19)3-5-16/h2-7,12-13H,8-11H2,1H3. The van der Waals surface area contributed by atoms with Gasteiger partial charge in [-0.05, 0) is 53.8 Å². The van der Waals surface area contributed by atoms with E-state index in [0.29, 0.717) is 36.9 Å². The zero-order valence-corrected chi connectivity index (χ0v) is 18.2. The van der Waals surface area contributed by atoms with Crippen molar-refractivity contribution in [1.29, 1.82) is 0 Å². The highest BCUT2D eigenvalue weighted by Gasteiger charge is 2.29. The fraction of sp³-hybridized carbons (Fsp3) is 0.278. The Balaban J connectivity index is 1.51. The number of sulfonamides is 1. The molecular weight excluding hydrogens is 491 g/mol. The van der Waals surface area contributed by atoms with Crippen molar-refractivity contribution in [2.45, 2.75) is 11.8 Å². The molecule has 2 aromatic heterocycles. The summed E-state index contributed by atoms with van der Waals surface area (Å²) in [5, 5.41) is 0. The third kappa shape index (κ3) is 3.89. The predicted octanol–water partition coefficient (Wildman–Crippen LogP) is 2.09. The van der Waals surface area contributed by atoms with E-state index in [0.717, 1.165) is 15.2 Å². The SMILES string of the molecule is Cc1nc(N2CCN(S(=O)(=O)c3ccc(I)cc3)CC2)cc(-n2ccnc2)n1. The van der Waals surface area contributed by atoms with Crippen LogP contribution in [0.1, 0.15) is 5.82 Å². The van der Waals surface area contributed by atoms with E-state index in [4.69, 9.17) is 0 Å². The van der Waals surface area contributed by atoms with E-state index in [2.05, 4.69) is 42.4 Å². The Kier molecular flexibility index (Phi) is 5.34. The number of aromatic nitrogens is 4. The van der Waals surface area contributed by atoms with Crippen molar-refractivity contribution in [3.8, 4) is 5.82 Å². The molecule has 0 bridgehead atoms. The predicted molar refractivity (Wildman–Crippen MR) is 114 cm³/mol. The molecular formula is C18H19IN6O2S. The summed E-state index contributed by atoms with van der Waals surface area (Å²) in [5.74, 6) is 2.20. The summed E-state index contributed by atoms with van der Waals surface area (Å²) < 4.78 is 30.1. The van der Waals surface area contributed by atoms with Gasteiger partial charge in [-0.25, -0.2) is 23.4 Å². The van der Waals surface area contributed by atoms with E-state index >= 15 is 0 Å². The molecule has 1 aliphatic heterocycles. The molecule has 146 valence electrons. The van der Waals surface area contributed by atoms with Crippen molar-refractivity contribution in [1.82, 2.24) is 23.8 Å². The van der Waals surface area contributed by atoms with Crippen LogP contribution in [0.3, 0.4) is 0 Å². The minimum absolute atomic E-state index is 0.335. The monoisotopic (exact) mass is 510 g/mol. The Morgan fingerprint density at radius 3 is 2.32 bits per heavy atom. The van der Waals surface area contributed by atoms with Crippen molar-refractivity contribution in [2.24, 2.45) is 0 Å². The van der Waals surface area contributed by atoms with Gasteiger partial charge in [0.25, 0.3) is 0 Å². The highest BCUT2D eigenvalue weighted by atomic mass is 127. The Bertz CT molecular complexity index is 1060. The van der Waals surface area contributed by atoms with Crippen molar-refractivity contribution in [2.75, 3.05) is 31.1 Å². The smallest absolute Gasteiger partial charge is 0.243 e. The second-order valence-corrected chi connectivity index (χ2v) is 9.63. The largest absolute Gasteiger partial charge is 0.354 e. The zero-order valence-electron chi connectivity index (χ0n) is 15.2. The molecule has 0 atom stereocenters. The van der Waals surface area contributed by atoms with Gasteiger partial charge in [0.15, 0.2) is 0 Å². The van der Waals surface area contributed by atoms with Crippen LogP contribution >= 0.6 is 22.6 Å². The molecule has 1 aromatic carbocycles. The normalized spacial score (nSPS) is 15.7. The Morgan fingerprint density at radius 1 is 1.00 bits per heavy atom. The number of hydrogen-bond donors (Lipinski definition) is 0. The fourth-order valence-corrected chi connectivity index (χ4v) is 4.92. The van der Waals surface area contributed by atoms with Crippen molar-refractivity contribution in [3.05, 3.63) is 58.4 Å². The second-order valence-electron chi connectivity index (χ2n) is 6.45. The second kappa shape index (κ2) is 7.76. The van der Waals surface area contributed by atoms with Gasteiger partial charge in [-0.1, -0.05) is 0 Å². The van der Waals surface area contributed by atoms with E-state index < -0.39 is 10.0 Å². The first kappa shape index (κ1) is 19.3. The van der Waals surface area contributed by atoms with Crippen LogP contribution in [0.2, 0.25) is 0 Å². The van der Waals surface area contributed by atoms with Crippen LogP contribution in [-0.4, -0.2) is 58.4 Å². The van der Waals surface area contributed by atoms with Crippen LogP contribution in [0, 0.1) is 10.5 Å². The highest BCUT2D eigenvalue weighted by Crippen LogP contribution is 2.22. The van der Waals surface area contributed by atoms with Crippen molar-refractivity contribution < 1.29 is 8.42 Å². The Morgan fingerprint density at radius 2 is 1.68 bits per heavy atom. The van der Waals surface area contributed by atoms with E-state index in [1.165, 1.54) is 4.31 Å². The van der Waals surface area contributed by atoms with Crippen LogP contribution in [0.5, 0.6) is 0 Å². The Labute approximate surface area is 177 Å². The summed E-state index contributed by atoms with van der Waals surface area (Å²) in [6, 6.07) is 8.84. The molecule has 4 rings (SSSR count). The lowest BCUT2D eigenvalue weighted by molar-refractivity contribution is 0.383. The third-order valence-corrected chi connectivity index (χ3v) is 7.23. The van der Waals surface area contributed by atoms with Gasteiger partial charge < -0.3 is 4.90 Å². The molecule has 1 saturated heterocycles. The number of anilines is 1. The number of benzene rings is 1. The third-order valence-electron chi connectivity index (χ3n) is 4.59. The van der Waals surface area contributed by atoms with Gasteiger partial charge in [-0.15, -0.1) is 0 Å². The van der Waals surface area contributed by atoms with Crippen LogP contribution in [0.25, 0.3) is 5.82 Å². The topological polar surface area (TPSA) is 84.2 Å². The maximum atomic E-state index is 12.9. The molecule has 0 saturated carbocycles. The molecule has 28 heavy (non-hydrogen) atoms. The highest BCUT2D eigenvalue weighted by molar-refractivity contribution is 14.1. The molecule has 0 amide bonds. The Hall–Kier alpha value is -2.05. The number of hydrogen-bond acceptors (Lipinski definition) is 6. The van der Waals surface area contributed by atoms with Gasteiger partial charge in [0.2, 0.25) is 10.0 Å². The van der Waals surface area contributed by atoms with Gasteiger partial charge in [0.1, 0.15) is 23.8 Å². The molecule has 10 heteroatoms. The average molecular weight is 510 g/mol. The van der Waals surface area contributed by atoms with Gasteiger partial charge in [0.05, 0.1) is 4.90 Å². The summed E-state index contributed by atoms with van der Waals surface area (Å²) in [6.07, 6.45) is 5.22. The maximum absolute atomic E-state index is 12.9. The van der Waals surface area contributed by atoms with Crippen LogP contribution in [0.15, 0.2) is 53.9 Å². The molecule has 8 nitrogen and oxygen atoms in total. The first-order valence-corrected chi connectivity index (χ1v) is 11.3. The molecule has 0 N–H and O–H groups in total. The van der Waals surface area contributed by atoms with E-state index in [1.807, 2.05) is 35.9 Å². The lowest BCUT2D eigenvalue weighted by Crippen LogP contribution is -2.49. The van der Waals surface area contributed by atoms with Gasteiger partial charge in [0, 0.05) is 48.2 Å². The molecule has 0 unspecified atom stereocenters. The molecule has 1 fully saturated rings. The summed E-state index contributed by atoms with van der Waals surface area (Å²) in [7, 11) is -3.48. The number of aryl methyl sites for hydroxylation is 1. The lowest BCUT2D eigenvalue weighted by Gasteiger charge is -2.34. The summed E-state index contributed by atoms with van der Waals surface area (Å²) in [4.78, 5) is 15.5. The first-order valence-electron chi connectivity index (χ1n) is 8.78. The average Bonchev–Trinajstić information content (AvgIpc) is 3.23. The number of rotatable bonds is 4. The molecule has 3 heterocycles. The maximum Gasteiger partial charge on any atom is 0.243 e. The molecule has 0 aliphatic carbocycles. The van der Waals surface area contributed by atoms with Gasteiger partial charge in [-0.3, -0.25) is 4.57 Å². The van der Waals surface area contributed by atoms with Crippen LogP contribution in [-0.2, 0) is 10.0 Å². The number of imidazole rings is 1. The van der Waals surface area contributed by atoms with E-state index in [1.54, 1.807) is 24.7 Å². The minimum Gasteiger partial charge on any atom is -0.354 e. The zero-order chi connectivity index (χ0) is 19.7. The van der Waals surface area contributed by atoms with Crippen molar-refractivity contribution in [3.63, 3.8) is 0 Å². The summed E-state index contributed by atoms with van der Waals surface area (Å²) in [6.45, 7) is 3.82. The molecule has 3 aromatic rings. The van der Waals surface area contributed by atoms with E-state index in [9.17, 15) is 8.42 Å². The first-order chi connectivity index (χ1) is 13.4. The lowest BCUT2D eigenvalue weighted by atomic mass is 10.3. The van der Waals surface area contributed by atoms with E-state index in [-0.39, 0.29) is 0 Å². The molecule has 0 radical (unpaired) electrons. The molecule has 0 spiro atoms. The van der Waals surface area contributed by atoms with Crippen LogP contribution < -0.4 is 4.90 Å². The minimum atomic E-state index is -3.48. The van der Waals surface area contributed by atoms with Gasteiger partial charge in [-0.2, -0.15) is 4.31 Å². The summed E-state index contributed by atoms with van der Waals surface area (Å²) >= 11 is 2.16. The number of nitrogens with zero attached hydrogens (tertiary/aromatic N) is 6. The van der Waals surface area contributed by atoms with Gasteiger partial charge >= 0.3 is 0 Å². The quantitative estimate of drug-likeness (QED) is 0.500. The number of halogens is 1. The van der Waals surface area contributed by atoms with Crippen molar-refractivity contribution >= 4 is 38.4 Å². The fourth-order valence-electron chi connectivity index (χ4n) is 3.14. The molecule has 1 aliphatic rings. The van der Waals surface area contributed by atoms with Crippen LogP contribution in [0.4, 0.5) is 5.82 Å². The summed E-state index contributed by atoms with van der Waals surface area (Å²) in [5.41, 5.74) is 0. The number of piperazine rings is 1.